The van der Waals surface area contributed by atoms with Crippen LogP contribution in [0, 0.1) is 5.82 Å². The average Bonchev–Trinajstić information content (AvgIpc) is 3.41. The molecule has 2 saturated heterocycles. The van der Waals surface area contributed by atoms with Gasteiger partial charge in [-0.1, -0.05) is 29.8 Å². The molecule has 0 spiro atoms. The number of nitrogens with two attached hydrogens (primary N) is 1. The van der Waals surface area contributed by atoms with E-state index in [0.717, 1.165) is 23.1 Å². The van der Waals surface area contributed by atoms with Gasteiger partial charge in [-0.2, -0.15) is 17.5 Å². The second kappa shape index (κ2) is 12.8. The number of amides is 1. The van der Waals surface area contributed by atoms with Crippen LogP contribution in [0.2, 0.25) is 5.02 Å². The smallest absolute Gasteiger partial charge is 0.324 e. The number of alkyl halides is 3. The van der Waals surface area contributed by atoms with Crippen LogP contribution in [-0.2, 0) is 27.4 Å². The molecule has 2 aliphatic rings. The predicted octanol–water partition coefficient (Wildman–Crippen LogP) is 4.75. The van der Waals surface area contributed by atoms with E-state index in [2.05, 4.69) is 15.6 Å². The van der Waals surface area contributed by atoms with Crippen LogP contribution >= 0.6 is 22.9 Å². The van der Waals surface area contributed by atoms with E-state index in [-0.39, 0.29) is 40.5 Å². The fourth-order valence-electron chi connectivity index (χ4n) is 5.59. The van der Waals surface area contributed by atoms with E-state index in [1.165, 1.54) is 34.6 Å². The van der Waals surface area contributed by atoms with Crippen molar-refractivity contribution in [2.24, 2.45) is 5.73 Å². The minimum Gasteiger partial charge on any atom is -0.324 e. The number of halogens is 5. The number of carbonyl (C=O) groups excluding carboxylic acids is 1. The molecule has 5 atom stereocenters. The summed E-state index contributed by atoms with van der Waals surface area (Å²) in [5, 5.41) is 7.27. The number of aromatic nitrogens is 1. The third-order valence-electron chi connectivity index (χ3n) is 7.84. The van der Waals surface area contributed by atoms with E-state index in [4.69, 9.17) is 17.3 Å². The molecule has 2 fully saturated rings. The molecule has 232 valence electrons. The summed E-state index contributed by atoms with van der Waals surface area (Å²) in [6.07, 6.45) is -2.90. The van der Waals surface area contributed by atoms with Crippen molar-refractivity contribution < 1.29 is 30.8 Å². The zero-order valence-corrected chi connectivity index (χ0v) is 25.2. The minimum absolute atomic E-state index is 0.0153. The summed E-state index contributed by atoms with van der Waals surface area (Å²) in [5.41, 5.74) is 6.02. The molecule has 2 aromatic carbocycles. The molecule has 1 amide bonds. The van der Waals surface area contributed by atoms with E-state index < -0.39 is 45.6 Å². The van der Waals surface area contributed by atoms with Gasteiger partial charge in [-0.3, -0.25) is 4.79 Å². The van der Waals surface area contributed by atoms with Crippen LogP contribution in [0.15, 0.2) is 47.8 Å². The lowest BCUT2D eigenvalue weighted by molar-refractivity contribution is -0.140. The molecule has 5 rings (SSSR count). The fourth-order valence-corrected chi connectivity index (χ4v) is 8.52. The van der Waals surface area contributed by atoms with Crippen LogP contribution in [0.3, 0.4) is 0 Å². The van der Waals surface area contributed by atoms with Gasteiger partial charge in [-0.05, 0) is 55.5 Å². The van der Waals surface area contributed by atoms with Gasteiger partial charge in [-0.15, -0.1) is 11.3 Å². The summed E-state index contributed by atoms with van der Waals surface area (Å²) in [5.74, 6) is -2.33. The maximum Gasteiger partial charge on any atom is 0.434 e. The van der Waals surface area contributed by atoms with Crippen LogP contribution in [0.4, 0.5) is 23.2 Å². The van der Waals surface area contributed by atoms with Gasteiger partial charge in [-0.25, -0.2) is 17.8 Å². The molecule has 3 aromatic rings. The Morgan fingerprint density at radius 3 is 2.67 bits per heavy atom. The van der Waals surface area contributed by atoms with Crippen LogP contribution in [0.25, 0.3) is 0 Å². The first-order valence-electron chi connectivity index (χ1n) is 13.7. The number of piperazine rings is 1. The Morgan fingerprint density at radius 1 is 1.23 bits per heavy atom. The van der Waals surface area contributed by atoms with Crippen molar-refractivity contribution in [3.05, 3.63) is 80.5 Å². The normalized spacial score (nSPS) is 23.3. The van der Waals surface area contributed by atoms with E-state index >= 15 is 4.39 Å². The Kier molecular flexibility index (Phi) is 9.45. The van der Waals surface area contributed by atoms with Crippen molar-refractivity contribution in [3.63, 3.8) is 0 Å². The first kappa shape index (κ1) is 31.8. The fraction of sp³-hybridized carbons (Fsp3) is 0.429. The van der Waals surface area contributed by atoms with Crippen molar-refractivity contribution in [2.45, 2.75) is 55.9 Å². The van der Waals surface area contributed by atoms with E-state index in [9.17, 15) is 26.4 Å². The molecule has 2 aliphatic heterocycles. The lowest BCUT2D eigenvalue weighted by atomic mass is 9.91. The molecule has 15 heteroatoms. The van der Waals surface area contributed by atoms with Crippen LogP contribution in [-0.4, -0.2) is 60.6 Å². The first-order valence-corrected chi connectivity index (χ1v) is 16.5. The summed E-state index contributed by atoms with van der Waals surface area (Å²) in [4.78, 5) is 17.2. The van der Waals surface area contributed by atoms with Gasteiger partial charge in [0.15, 0.2) is 5.69 Å². The number of sulfonamides is 1. The quantitative estimate of drug-likeness (QED) is 0.301. The largest absolute Gasteiger partial charge is 0.434 e. The number of fused-ring (bicyclic) bond motifs is 2. The molecular weight excluding hydrogens is 630 g/mol. The maximum atomic E-state index is 15.1. The number of rotatable bonds is 8. The van der Waals surface area contributed by atoms with Crippen molar-refractivity contribution in [1.29, 1.82) is 0 Å². The number of nitrogens with zero attached hydrogens (tertiary/aromatic N) is 2. The molecule has 3 heterocycles. The van der Waals surface area contributed by atoms with E-state index in [1.54, 1.807) is 12.1 Å². The molecule has 2 bridgehead atoms. The second-order valence-electron chi connectivity index (χ2n) is 10.7. The number of thiazole rings is 1. The molecule has 4 N–H and O–H groups in total. The van der Waals surface area contributed by atoms with E-state index in [0.29, 0.717) is 36.5 Å². The number of benzene rings is 2. The van der Waals surface area contributed by atoms with Gasteiger partial charge in [0, 0.05) is 46.8 Å². The Balaban J connectivity index is 1.37. The predicted molar refractivity (Wildman–Crippen MR) is 157 cm³/mol. The molecule has 0 aliphatic carbocycles. The van der Waals surface area contributed by atoms with Gasteiger partial charge in [0.2, 0.25) is 15.9 Å². The molecular formula is C28H30ClF4N5O3S2. The number of carbonyl (C=O) groups is 1. The lowest BCUT2D eigenvalue weighted by Crippen LogP contribution is -2.57. The van der Waals surface area contributed by atoms with Gasteiger partial charge < -0.3 is 16.4 Å². The number of hydrogen-bond acceptors (Lipinski definition) is 7. The topological polar surface area (TPSA) is 117 Å². The Morgan fingerprint density at radius 2 is 1.98 bits per heavy atom. The van der Waals surface area contributed by atoms with Gasteiger partial charge in [0.25, 0.3) is 0 Å². The van der Waals surface area contributed by atoms with Gasteiger partial charge in [0.05, 0.1) is 17.7 Å². The summed E-state index contributed by atoms with van der Waals surface area (Å²) >= 11 is 6.73. The molecule has 3 unspecified atom stereocenters. The number of anilines is 1. The highest BCUT2D eigenvalue weighted by atomic mass is 35.5. The highest BCUT2D eigenvalue weighted by Crippen LogP contribution is 2.36. The molecule has 1 aromatic heterocycles. The zero-order valence-electron chi connectivity index (χ0n) is 22.8. The highest BCUT2D eigenvalue weighted by molar-refractivity contribution is 7.89. The maximum absolute atomic E-state index is 15.1. The van der Waals surface area contributed by atoms with Crippen LogP contribution in [0.5, 0.6) is 0 Å². The molecule has 0 radical (unpaired) electrons. The van der Waals surface area contributed by atoms with Crippen molar-refractivity contribution in [2.75, 3.05) is 24.2 Å². The zero-order chi connectivity index (χ0) is 30.9. The van der Waals surface area contributed by atoms with Gasteiger partial charge in [0.1, 0.15) is 10.8 Å². The summed E-state index contributed by atoms with van der Waals surface area (Å²) in [7, 11) is -3.44. The average molecular weight is 660 g/mol. The molecule has 0 saturated carbocycles. The highest BCUT2D eigenvalue weighted by Gasteiger charge is 2.39. The Labute approximate surface area is 255 Å². The summed E-state index contributed by atoms with van der Waals surface area (Å²) < 4.78 is 82.3. The van der Waals surface area contributed by atoms with Crippen LogP contribution < -0.4 is 16.4 Å². The number of hydrogen-bond donors (Lipinski definition) is 3. The third kappa shape index (κ3) is 7.21. The minimum atomic E-state index is -4.68. The van der Waals surface area contributed by atoms with Crippen LogP contribution in [0.1, 0.15) is 47.0 Å². The third-order valence-corrected chi connectivity index (χ3v) is 11.0. The van der Waals surface area contributed by atoms with Crippen molar-refractivity contribution in [1.82, 2.24) is 14.6 Å². The van der Waals surface area contributed by atoms with Gasteiger partial charge >= 0.3 is 6.18 Å². The van der Waals surface area contributed by atoms with Crippen molar-refractivity contribution in [3.8, 4) is 0 Å². The number of nitrogens with one attached hydrogen (secondary N) is 2. The van der Waals surface area contributed by atoms with Crippen molar-refractivity contribution >= 4 is 44.6 Å². The summed E-state index contributed by atoms with van der Waals surface area (Å²) in [6.45, 7) is 0.795. The Hall–Kier alpha value is -2.62. The SMILES string of the molecule is NC(C(=O)Nc1cccc(F)c1CC[C@H]1CN[C@@H]2CCCS(=O)(=O)N1C2)C(c1ccc(Cl)cc1)c1nc(C(F)(F)F)cs1. The monoisotopic (exact) mass is 659 g/mol. The lowest BCUT2D eigenvalue weighted by Gasteiger charge is -2.37. The molecule has 8 nitrogen and oxygen atoms in total. The van der Waals surface area contributed by atoms with E-state index in [1.807, 2.05) is 0 Å². The summed E-state index contributed by atoms with van der Waals surface area (Å²) in [6, 6.07) is 8.64. The standard InChI is InChI=1S/C28H30ClF4N5O3S2/c29-17-8-6-16(7-9-17)24(27-37-23(15-42-27)28(31,32)33)25(34)26(39)36-22-5-1-4-21(30)20(22)11-10-19-13-35-18-3-2-12-43(40,41)38(19)14-18/h1,4-9,15,18-19,24-25,35H,2-3,10-14,34H2,(H,36,39)/t18-,19+,24?,25?/m1/s1. The second-order valence-corrected chi connectivity index (χ2v) is 14.1. The molecule has 43 heavy (non-hydrogen) atoms. The first-order chi connectivity index (χ1) is 20.3. The Bertz CT molecular complexity index is 1570.